The second-order valence-electron chi connectivity index (χ2n) is 3.51. The first kappa shape index (κ1) is 13.3. The van der Waals surface area contributed by atoms with Gasteiger partial charge in [0.15, 0.2) is 0 Å². The van der Waals surface area contributed by atoms with E-state index in [1.54, 1.807) is 30.3 Å². The zero-order chi connectivity index (χ0) is 12.7. The van der Waals surface area contributed by atoms with Gasteiger partial charge in [0, 0.05) is 31.0 Å². The predicted octanol–water partition coefficient (Wildman–Crippen LogP) is 1.37. The molecule has 0 aliphatic rings. The number of likely N-dealkylation sites (N-methyl/N-ethyl adjacent to an activating group) is 1. The summed E-state index contributed by atoms with van der Waals surface area (Å²) >= 11 is 0. The Balaban J connectivity index is 2.52. The maximum absolute atomic E-state index is 11.7. The van der Waals surface area contributed by atoms with E-state index in [0.717, 1.165) is 18.8 Å². The number of hydrogen-bond donors (Lipinski definition) is 1. The van der Waals surface area contributed by atoms with Crippen LogP contribution in [-0.2, 0) is 4.79 Å². The van der Waals surface area contributed by atoms with Crippen molar-refractivity contribution in [2.24, 2.45) is 0 Å². The number of aromatic nitrogens is 1. The van der Waals surface area contributed by atoms with Crippen LogP contribution in [0.3, 0.4) is 0 Å². The molecular weight excluding hydrogens is 218 g/mol. The number of pyridine rings is 1. The van der Waals surface area contributed by atoms with Crippen LogP contribution < -0.4 is 10.1 Å². The summed E-state index contributed by atoms with van der Waals surface area (Å²) in [5, 5.41) is 3.06. The fraction of sp³-hybridized carbons (Fsp3) is 0.500. The molecule has 0 saturated heterocycles. The van der Waals surface area contributed by atoms with E-state index in [9.17, 15) is 4.79 Å². The molecular formula is C12H19N3O2. The fourth-order valence-corrected chi connectivity index (χ4v) is 1.50. The van der Waals surface area contributed by atoms with Gasteiger partial charge in [0.1, 0.15) is 0 Å². The van der Waals surface area contributed by atoms with Crippen LogP contribution in [-0.4, -0.2) is 42.5 Å². The third-order valence-electron chi connectivity index (χ3n) is 2.50. The Hall–Kier alpha value is -1.78. The van der Waals surface area contributed by atoms with Crippen molar-refractivity contribution in [3.05, 3.63) is 18.3 Å². The van der Waals surface area contributed by atoms with Gasteiger partial charge in [-0.05, 0) is 19.9 Å². The van der Waals surface area contributed by atoms with E-state index in [4.69, 9.17) is 4.74 Å². The van der Waals surface area contributed by atoms with Crippen LogP contribution in [0.4, 0.5) is 5.69 Å². The van der Waals surface area contributed by atoms with Crippen LogP contribution in [0.5, 0.6) is 5.88 Å². The van der Waals surface area contributed by atoms with Crippen molar-refractivity contribution >= 4 is 11.6 Å². The van der Waals surface area contributed by atoms with Crippen molar-refractivity contribution in [1.82, 2.24) is 9.88 Å². The Bertz CT molecular complexity index is 365. The predicted molar refractivity (Wildman–Crippen MR) is 67.2 cm³/mol. The topological polar surface area (TPSA) is 54.5 Å². The molecule has 1 heterocycles. The SMILES string of the molecule is CCN(CC)C(=O)CNc1ccnc(OC)c1. The van der Waals surface area contributed by atoms with Crippen molar-refractivity contribution in [2.45, 2.75) is 13.8 Å². The number of carbonyl (C=O) groups is 1. The quantitative estimate of drug-likeness (QED) is 0.812. The Morgan fingerprint density at radius 3 is 2.76 bits per heavy atom. The van der Waals surface area contributed by atoms with E-state index in [1.165, 1.54) is 0 Å². The summed E-state index contributed by atoms with van der Waals surface area (Å²) in [5.74, 6) is 0.621. The summed E-state index contributed by atoms with van der Waals surface area (Å²) in [6.07, 6.45) is 1.64. The third kappa shape index (κ3) is 3.94. The van der Waals surface area contributed by atoms with E-state index in [0.29, 0.717) is 5.88 Å². The highest BCUT2D eigenvalue weighted by molar-refractivity contribution is 5.80. The number of carbonyl (C=O) groups excluding carboxylic acids is 1. The Kier molecular flexibility index (Phi) is 5.26. The highest BCUT2D eigenvalue weighted by Gasteiger charge is 2.08. The number of rotatable bonds is 6. The maximum atomic E-state index is 11.7. The fourth-order valence-electron chi connectivity index (χ4n) is 1.50. The molecule has 0 fully saturated rings. The second-order valence-corrected chi connectivity index (χ2v) is 3.51. The molecule has 0 saturated carbocycles. The number of ether oxygens (including phenoxy) is 1. The number of amides is 1. The van der Waals surface area contributed by atoms with Crippen LogP contribution in [0.1, 0.15) is 13.8 Å². The Labute approximate surface area is 102 Å². The summed E-state index contributed by atoms with van der Waals surface area (Å²) in [4.78, 5) is 17.5. The van der Waals surface area contributed by atoms with Crippen molar-refractivity contribution in [1.29, 1.82) is 0 Å². The number of anilines is 1. The smallest absolute Gasteiger partial charge is 0.241 e. The lowest BCUT2D eigenvalue weighted by Gasteiger charge is -2.19. The third-order valence-corrected chi connectivity index (χ3v) is 2.50. The molecule has 5 nitrogen and oxygen atoms in total. The van der Waals surface area contributed by atoms with Crippen LogP contribution >= 0.6 is 0 Å². The minimum Gasteiger partial charge on any atom is -0.481 e. The molecule has 0 aromatic carbocycles. The van der Waals surface area contributed by atoms with Gasteiger partial charge in [-0.3, -0.25) is 4.79 Å². The highest BCUT2D eigenvalue weighted by Crippen LogP contribution is 2.12. The summed E-state index contributed by atoms with van der Waals surface area (Å²) in [5.41, 5.74) is 0.831. The first-order valence-corrected chi connectivity index (χ1v) is 5.73. The summed E-state index contributed by atoms with van der Waals surface area (Å²) in [7, 11) is 1.56. The molecule has 0 bridgehead atoms. The standard InChI is InChI=1S/C12H19N3O2/c1-4-15(5-2)12(16)9-14-10-6-7-13-11(8-10)17-3/h6-8H,4-5,9H2,1-3H3,(H,13,14). The Morgan fingerprint density at radius 2 is 2.18 bits per heavy atom. The van der Waals surface area contributed by atoms with Crippen molar-refractivity contribution in [3.63, 3.8) is 0 Å². The molecule has 1 aromatic heterocycles. The normalized spacial score (nSPS) is 9.82. The van der Waals surface area contributed by atoms with E-state index < -0.39 is 0 Å². The zero-order valence-electron chi connectivity index (χ0n) is 10.6. The van der Waals surface area contributed by atoms with Crippen molar-refractivity contribution in [3.8, 4) is 5.88 Å². The van der Waals surface area contributed by atoms with Gasteiger partial charge in [0.2, 0.25) is 11.8 Å². The number of nitrogens with zero attached hydrogens (tertiary/aromatic N) is 2. The molecule has 0 unspecified atom stereocenters. The van der Waals surface area contributed by atoms with Crippen LogP contribution in [0.25, 0.3) is 0 Å². The monoisotopic (exact) mass is 237 g/mol. The maximum Gasteiger partial charge on any atom is 0.241 e. The molecule has 0 atom stereocenters. The van der Waals surface area contributed by atoms with Crippen LogP contribution in [0.15, 0.2) is 18.3 Å². The van der Waals surface area contributed by atoms with Crippen molar-refractivity contribution < 1.29 is 9.53 Å². The summed E-state index contributed by atoms with van der Waals surface area (Å²) in [6, 6.07) is 3.56. The minimum absolute atomic E-state index is 0.0887. The van der Waals surface area contributed by atoms with E-state index in [-0.39, 0.29) is 12.5 Å². The van der Waals surface area contributed by atoms with Crippen molar-refractivity contribution in [2.75, 3.05) is 32.1 Å². The summed E-state index contributed by atoms with van der Waals surface area (Å²) in [6.45, 7) is 5.69. The molecule has 0 spiro atoms. The average molecular weight is 237 g/mol. The second kappa shape index (κ2) is 6.73. The largest absolute Gasteiger partial charge is 0.481 e. The lowest BCUT2D eigenvalue weighted by Crippen LogP contribution is -2.35. The molecule has 94 valence electrons. The number of methoxy groups -OCH3 is 1. The van der Waals surface area contributed by atoms with Gasteiger partial charge in [0.25, 0.3) is 0 Å². The molecule has 1 aromatic rings. The van der Waals surface area contributed by atoms with E-state index in [2.05, 4.69) is 10.3 Å². The molecule has 1 rings (SSSR count). The lowest BCUT2D eigenvalue weighted by molar-refractivity contribution is -0.128. The van der Waals surface area contributed by atoms with Gasteiger partial charge in [-0.25, -0.2) is 4.98 Å². The van der Waals surface area contributed by atoms with E-state index >= 15 is 0 Å². The zero-order valence-corrected chi connectivity index (χ0v) is 10.6. The van der Waals surface area contributed by atoms with Crippen LogP contribution in [0, 0.1) is 0 Å². The molecule has 1 N–H and O–H groups in total. The van der Waals surface area contributed by atoms with Gasteiger partial charge in [-0.1, -0.05) is 0 Å². The highest BCUT2D eigenvalue weighted by atomic mass is 16.5. The summed E-state index contributed by atoms with van der Waals surface area (Å²) < 4.78 is 5.00. The van der Waals surface area contributed by atoms with Gasteiger partial charge >= 0.3 is 0 Å². The first-order chi connectivity index (χ1) is 8.21. The van der Waals surface area contributed by atoms with Gasteiger partial charge in [0.05, 0.1) is 13.7 Å². The molecule has 0 aliphatic carbocycles. The van der Waals surface area contributed by atoms with Gasteiger partial charge < -0.3 is 15.0 Å². The molecule has 1 amide bonds. The van der Waals surface area contributed by atoms with E-state index in [1.807, 2.05) is 13.8 Å². The number of hydrogen-bond acceptors (Lipinski definition) is 4. The lowest BCUT2D eigenvalue weighted by atomic mass is 10.3. The van der Waals surface area contributed by atoms with Crippen LogP contribution in [0.2, 0.25) is 0 Å². The molecule has 0 radical (unpaired) electrons. The Morgan fingerprint density at radius 1 is 1.47 bits per heavy atom. The van der Waals surface area contributed by atoms with Gasteiger partial charge in [-0.2, -0.15) is 0 Å². The van der Waals surface area contributed by atoms with Gasteiger partial charge in [-0.15, -0.1) is 0 Å². The molecule has 17 heavy (non-hydrogen) atoms. The average Bonchev–Trinajstić information content (AvgIpc) is 2.38. The first-order valence-electron chi connectivity index (χ1n) is 5.73. The number of nitrogens with one attached hydrogen (secondary N) is 1. The minimum atomic E-state index is 0.0887. The molecule has 0 aliphatic heterocycles. The molecule has 5 heteroatoms.